The van der Waals surface area contributed by atoms with Crippen LogP contribution >= 0.6 is 0 Å². The molecule has 0 radical (unpaired) electrons. The lowest BCUT2D eigenvalue weighted by molar-refractivity contribution is -0.345. The Morgan fingerprint density at radius 2 is 0.805 bits per heavy atom. The maximum absolute atomic E-state index is 10.3. The largest absolute Gasteiger partial charge is 0.388 e. The zero-order chi connectivity index (χ0) is 29.8. The summed E-state index contributed by atoms with van der Waals surface area (Å²) in [5.41, 5.74) is 0. The molecule has 4 aliphatic heterocycles. The molecule has 0 amide bonds. The van der Waals surface area contributed by atoms with Crippen LogP contribution in [0, 0.1) is 0 Å². The smallest absolute Gasteiger partial charge is 0.161 e. The first kappa shape index (κ1) is 33.4. The summed E-state index contributed by atoms with van der Waals surface area (Å²) in [4.78, 5) is 0. The Morgan fingerprint density at radius 3 is 1.22 bits per heavy atom. The van der Waals surface area contributed by atoms with Crippen molar-refractivity contribution in [1.82, 2.24) is 0 Å². The normalized spacial score (nSPS) is 49.6. The van der Waals surface area contributed by atoms with Gasteiger partial charge in [0.25, 0.3) is 0 Å². The van der Waals surface area contributed by atoms with Crippen LogP contribution in [0.3, 0.4) is 0 Å². The monoisotopic (exact) mass is 594 g/mol. The molecular weight excluding hydrogens is 544 g/mol. The van der Waals surface area contributed by atoms with Crippen molar-refractivity contribution >= 4 is 0 Å². The molecule has 4 heterocycles. The number of ether oxygens (including phenoxy) is 11. The molecule has 4 rings (SSSR count). The number of aliphatic hydroxyl groups is 2. The van der Waals surface area contributed by atoms with E-state index in [1.165, 1.54) is 0 Å². The fourth-order valence-electron chi connectivity index (χ4n) is 6.33. The van der Waals surface area contributed by atoms with Crippen molar-refractivity contribution in [2.45, 2.75) is 152 Å². The van der Waals surface area contributed by atoms with Crippen LogP contribution in [0.5, 0.6) is 0 Å². The van der Waals surface area contributed by atoms with Crippen LogP contribution in [0.2, 0.25) is 0 Å². The summed E-state index contributed by atoms with van der Waals surface area (Å²) in [6.07, 6.45) is -5.86. The van der Waals surface area contributed by atoms with Crippen molar-refractivity contribution in [2.75, 3.05) is 28.4 Å². The van der Waals surface area contributed by atoms with Crippen LogP contribution in [0.25, 0.3) is 0 Å². The van der Waals surface area contributed by atoms with E-state index in [4.69, 9.17) is 52.1 Å². The van der Waals surface area contributed by atoms with Crippen molar-refractivity contribution in [1.29, 1.82) is 0 Å². The van der Waals surface area contributed by atoms with E-state index >= 15 is 0 Å². The van der Waals surface area contributed by atoms with Crippen molar-refractivity contribution in [3.63, 3.8) is 0 Å². The van der Waals surface area contributed by atoms with Gasteiger partial charge >= 0.3 is 0 Å². The molecule has 4 aliphatic rings. The van der Waals surface area contributed by atoms with Gasteiger partial charge in [-0.05, 0) is 27.7 Å². The maximum atomic E-state index is 10.3. The lowest BCUT2D eigenvalue weighted by Gasteiger charge is -2.46. The topological polar surface area (TPSA) is 142 Å². The molecule has 41 heavy (non-hydrogen) atoms. The first-order valence-electron chi connectivity index (χ1n) is 14.6. The van der Waals surface area contributed by atoms with Gasteiger partial charge in [-0.3, -0.25) is 0 Å². The van der Waals surface area contributed by atoms with Crippen LogP contribution in [0.4, 0.5) is 0 Å². The quantitative estimate of drug-likeness (QED) is 0.373. The molecule has 0 aliphatic carbocycles. The Labute approximate surface area is 242 Å². The van der Waals surface area contributed by atoms with Gasteiger partial charge < -0.3 is 62.3 Å². The van der Waals surface area contributed by atoms with Crippen LogP contribution in [0.15, 0.2) is 0 Å². The van der Waals surface area contributed by atoms with Crippen LogP contribution in [-0.2, 0) is 52.1 Å². The molecule has 0 spiro atoms. The molecule has 4 fully saturated rings. The van der Waals surface area contributed by atoms with Gasteiger partial charge in [0.1, 0.15) is 24.4 Å². The maximum Gasteiger partial charge on any atom is 0.161 e. The Balaban J connectivity index is 1.33. The molecule has 2 N–H and O–H groups in total. The average Bonchev–Trinajstić information content (AvgIpc) is 2.94. The SMILES string of the molecule is CO[C@@H]1C[C@H](O[C@H]2[C@H](C)O[C@H](O[C@H]3[C@H](C)O[C@@H](O[C@H]4[C@H](C)O[C@H](O)C[C@H]4OC)C[C@H]3OC)C[C@H]2OC)O[C@@H](C)[C@@H]1O. The average molecular weight is 595 g/mol. The van der Waals surface area contributed by atoms with E-state index in [1.807, 2.05) is 20.8 Å². The lowest BCUT2D eigenvalue weighted by Crippen LogP contribution is -2.57. The molecule has 0 bridgehead atoms. The van der Waals surface area contributed by atoms with Gasteiger partial charge in [0.2, 0.25) is 0 Å². The standard InChI is InChI=1S/C28H50O13/c1-13-25(30)17(31-5)10-22(36-13)39-27-15(3)38-24(12-19(27)33-7)41-28-16(4)37-23(11-20(28)34-8)40-26-14(2)35-21(29)9-18(26)32-6/h13-30H,9-12H2,1-8H3/t13-,14-,15-,16-,17+,18+,19+,20+,21-,22-,23-,24+,25-,26-,27-,28-/m0/s1. The predicted molar refractivity (Wildman–Crippen MR) is 142 cm³/mol. The number of hydrogen-bond donors (Lipinski definition) is 2. The fraction of sp³-hybridized carbons (Fsp3) is 1.00. The highest BCUT2D eigenvalue weighted by molar-refractivity contribution is 4.90. The Hall–Kier alpha value is -0.520. The fourth-order valence-corrected chi connectivity index (χ4v) is 6.33. The first-order chi connectivity index (χ1) is 19.6. The summed E-state index contributed by atoms with van der Waals surface area (Å²) >= 11 is 0. The van der Waals surface area contributed by atoms with E-state index in [0.29, 0.717) is 25.7 Å². The number of rotatable bonds is 10. The van der Waals surface area contributed by atoms with Gasteiger partial charge in [-0.2, -0.15) is 0 Å². The Kier molecular flexibility index (Phi) is 12.2. The third-order valence-electron chi connectivity index (χ3n) is 8.67. The summed E-state index contributed by atoms with van der Waals surface area (Å²) in [5, 5.41) is 20.2. The van der Waals surface area contributed by atoms with E-state index in [1.54, 1.807) is 35.4 Å². The molecule has 0 saturated carbocycles. The van der Waals surface area contributed by atoms with Crippen LogP contribution in [-0.4, -0.2) is 137 Å². The van der Waals surface area contributed by atoms with Crippen LogP contribution in [0.1, 0.15) is 53.4 Å². The molecule has 0 aromatic carbocycles. The molecule has 240 valence electrons. The highest BCUT2D eigenvalue weighted by atomic mass is 16.8. The van der Waals surface area contributed by atoms with Crippen molar-refractivity contribution < 1.29 is 62.3 Å². The summed E-state index contributed by atoms with van der Waals surface area (Å²) in [7, 11) is 6.43. The van der Waals surface area contributed by atoms with E-state index in [9.17, 15) is 10.2 Å². The summed E-state index contributed by atoms with van der Waals surface area (Å²) in [6.45, 7) is 7.47. The molecule has 0 aromatic heterocycles. The third-order valence-corrected chi connectivity index (χ3v) is 8.67. The summed E-state index contributed by atoms with van der Waals surface area (Å²) < 4.78 is 65.6. The highest BCUT2D eigenvalue weighted by Gasteiger charge is 2.47. The number of hydrogen-bond acceptors (Lipinski definition) is 13. The first-order valence-corrected chi connectivity index (χ1v) is 14.6. The van der Waals surface area contributed by atoms with Gasteiger partial charge in [0, 0.05) is 54.1 Å². The molecule has 0 unspecified atom stereocenters. The van der Waals surface area contributed by atoms with Crippen molar-refractivity contribution in [2.24, 2.45) is 0 Å². The number of methoxy groups -OCH3 is 4. The van der Waals surface area contributed by atoms with Gasteiger partial charge in [-0.1, -0.05) is 0 Å². The summed E-state index contributed by atoms with van der Waals surface area (Å²) in [6, 6.07) is 0. The minimum atomic E-state index is -0.891. The molecule has 4 saturated heterocycles. The Morgan fingerprint density at radius 1 is 0.463 bits per heavy atom. The van der Waals surface area contributed by atoms with Gasteiger partial charge in [-0.15, -0.1) is 0 Å². The minimum Gasteiger partial charge on any atom is -0.388 e. The van der Waals surface area contributed by atoms with E-state index in [-0.39, 0.29) is 42.7 Å². The third kappa shape index (κ3) is 7.96. The van der Waals surface area contributed by atoms with E-state index in [2.05, 4.69) is 0 Å². The molecule has 0 aromatic rings. The van der Waals surface area contributed by atoms with Crippen LogP contribution < -0.4 is 0 Å². The number of aliphatic hydroxyl groups excluding tert-OH is 2. The van der Waals surface area contributed by atoms with Gasteiger partial charge in [0.05, 0.1) is 48.8 Å². The van der Waals surface area contributed by atoms with E-state index in [0.717, 1.165) is 0 Å². The molecular formula is C28H50O13. The second kappa shape index (κ2) is 15.0. The predicted octanol–water partition coefficient (Wildman–Crippen LogP) is 1.09. The lowest BCUT2D eigenvalue weighted by atomic mass is 9.98. The summed E-state index contributed by atoms with van der Waals surface area (Å²) in [5.74, 6) is 0. The van der Waals surface area contributed by atoms with Crippen molar-refractivity contribution in [3.05, 3.63) is 0 Å². The molecule has 16 atom stereocenters. The second-order valence-corrected chi connectivity index (χ2v) is 11.4. The molecule has 13 nitrogen and oxygen atoms in total. The minimum absolute atomic E-state index is 0.316. The van der Waals surface area contributed by atoms with Gasteiger partial charge in [0.15, 0.2) is 25.2 Å². The second-order valence-electron chi connectivity index (χ2n) is 11.4. The van der Waals surface area contributed by atoms with Crippen molar-refractivity contribution in [3.8, 4) is 0 Å². The van der Waals surface area contributed by atoms with E-state index < -0.39 is 55.7 Å². The molecule has 13 heteroatoms. The van der Waals surface area contributed by atoms with Gasteiger partial charge in [-0.25, -0.2) is 0 Å². The zero-order valence-corrected chi connectivity index (χ0v) is 25.5. The Bertz CT molecular complexity index is 790. The zero-order valence-electron chi connectivity index (χ0n) is 25.5. The highest BCUT2D eigenvalue weighted by Crippen LogP contribution is 2.35.